The third-order valence-corrected chi connectivity index (χ3v) is 2.53. The van der Waals surface area contributed by atoms with Crippen LogP contribution in [0.25, 0.3) is 0 Å². The van der Waals surface area contributed by atoms with Crippen molar-refractivity contribution < 1.29 is 9.18 Å². The van der Waals surface area contributed by atoms with Crippen LogP contribution in [0.2, 0.25) is 5.02 Å². The number of carbonyl (C=O) groups is 1. The molecule has 1 amide bonds. The van der Waals surface area contributed by atoms with Crippen molar-refractivity contribution in [1.29, 1.82) is 0 Å². The quantitative estimate of drug-likeness (QED) is 0.879. The number of halogens is 2. The fourth-order valence-corrected chi connectivity index (χ4v) is 1.56. The first-order valence-electron chi connectivity index (χ1n) is 5.16. The average Bonchev–Trinajstić information content (AvgIpc) is 2.33. The van der Waals surface area contributed by atoms with E-state index in [4.69, 9.17) is 11.6 Å². The van der Waals surface area contributed by atoms with Gasteiger partial charge < -0.3 is 5.32 Å². The van der Waals surface area contributed by atoms with Crippen molar-refractivity contribution in [1.82, 2.24) is 10.3 Å². The van der Waals surface area contributed by atoms with Crippen LogP contribution in [0.3, 0.4) is 0 Å². The van der Waals surface area contributed by atoms with Gasteiger partial charge in [-0.1, -0.05) is 17.7 Å². The molecule has 0 radical (unpaired) electrons. The number of pyridine rings is 1. The normalized spacial score (nSPS) is 14.9. The lowest BCUT2D eigenvalue weighted by Crippen LogP contribution is -2.24. The summed E-state index contributed by atoms with van der Waals surface area (Å²) in [5, 5.41) is 2.93. The van der Waals surface area contributed by atoms with Crippen LogP contribution in [-0.2, 0) is 0 Å². The van der Waals surface area contributed by atoms with Gasteiger partial charge in [0.25, 0.3) is 5.91 Å². The molecule has 1 aromatic heterocycles. The molecular formula is C12H10ClFN2O. The minimum absolute atomic E-state index is 0.202. The van der Waals surface area contributed by atoms with E-state index < -0.39 is 11.7 Å². The van der Waals surface area contributed by atoms with Crippen LogP contribution in [0.1, 0.15) is 23.3 Å². The molecule has 0 saturated heterocycles. The summed E-state index contributed by atoms with van der Waals surface area (Å²) in [5.41, 5.74) is 0.409. The van der Waals surface area contributed by atoms with Gasteiger partial charge in [-0.05, 0) is 31.1 Å². The highest BCUT2D eigenvalue weighted by molar-refractivity contribution is 6.30. The van der Waals surface area contributed by atoms with E-state index in [2.05, 4.69) is 10.3 Å². The van der Waals surface area contributed by atoms with Crippen LogP contribution in [0.4, 0.5) is 4.39 Å². The third-order valence-electron chi connectivity index (χ3n) is 2.30. The van der Waals surface area contributed by atoms with Gasteiger partial charge in [-0.2, -0.15) is 0 Å². The number of nitrogens with one attached hydrogen (secondary N) is 1. The zero-order chi connectivity index (χ0) is 12.3. The molecule has 17 heavy (non-hydrogen) atoms. The Kier molecular flexibility index (Phi) is 3.54. The zero-order valence-corrected chi connectivity index (χ0v) is 9.67. The van der Waals surface area contributed by atoms with Crippen LogP contribution in [0.15, 0.2) is 42.0 Å². The Morgan fingerprint density at radius 3 is 2.76 bits per heavy atom. The van der Waals surface area contributed by atoms with Crippen LogP contribution in [0.5, 0.6) is 0 Å². The van der Waals surface area contributed by atoms with Crippen LogP contribution < -0.4 is 5.32 Å². The molecule has 0 aromatic carbocycles. The fraction of sp³-hybridized carbons (Fsp3) is 0.167. The van der Waals surface area contributed by atoms with Gasteiger partial charge in [-0.3, -0.25) is 4.79 Å². The molecule has 88 valence electrons. The van der Waals surface area contributed by atoms with Crippen molar-refractivity contribution in [2.45, 2.75) is 12.8 Å². The standard InChI is InChI=1S/C12H10ClFN2O/c13-8-5-6-11(15-7-8)12(17)16-10-4-2-1-3-9(10)14/h3-7H,1-2H2,(H,16,17). The molecule has 1 aliphatic carbocycles. The SMILES string of the molecule is O=C(NC1=CCCC=C1F)c1ccc(Cl)cn1. The summed E-state index contributed by atoms with van der Waals surface area (Å²) in [6.45, 7) is 0. The fourth-order valence-electron chi connectivity index (χ4n) is 1.45. The first kappa shape index (κ1) is 11.8. The Hall–Kier alpha value is -1.68. The van der Waals surface area contributed by atoms with Gasteiger partial charge in [0, 0.05) is 6.20 Å². The largest absolute Gasteiger partial charge is 0.318 e. The Bertz CT molecular complexity index is 494. The van der Waals surface area contributed by atoms with Gasteiger partial charge in [0.1, 0.15) is 11.5 Å². The van der Waals surface area contributed by atoms with E-state index >= 15 is 0 Å². The highest BCUT2D eigenvalue weighted by Crippen LogP contribution is 2.17. The summed E-state index contributed by atoms with van der Waals surface area (Å²) in [5.74, 6) is -0.850. The van der Waals surface area contributed by atoms with Crippen LogP contribution >= 0.6 is 11.6 Å². The van der Waals surface area contributed by atoms with Crippen molar-refractivity contribution in [2.24, 2.45) is 0 Å². The van der Waals surface area contributed by atoms with E-state index in [0.29, 0.717) is 11.4 Å². The number of hydrogen-bond acceptors (Lipinski definition) is 2. The van der Waals surface area contributed by atoms with E-state index in [0.717, 1.165) is 6.42 Å². The van der Waals surface area contributed by atoms with Gasteiger partial charge in [0.2, 0.25) is 0 Å². The highest BCUT2D eigenvalue weighted by Gasteiger charge is 2.13. The predicted molar refractivity (Wildman–Crippen MR) is 63.2 cm³/mol. The minimum Gasteiger partial charge on any atom is -0.318 e. The molecule has 0 aliphatic heterocycles. The number of allylic oxidation sites excluding steroid dienone is 3. The Labute approximate surface area is 103 Å². The van der Waals surface area contributed by atoms with E-state index in [-0.39, 0.29) is 11.4 Å². The monoisotopic (exact) mass is 252 g/mol. The number of carbonyl (C=O) groups excluding carboxylic acids is 1. The molecule has 2 rings (SSSR count). The molecule has 0 bridgehead atoms. The lowest BCUT2D eigenvalue weighted by Gasteiger charge is -2.10. The second-order valence-electron chi connectivity index (χ2n) is 3.56. The second-order valence-corrected chi connectivity index (χ2v) is 4.00. The molecule has 0 fully saturated rings. The van der Waals surface area contributed by atoms with Crippen LogP contribution in [-0.4, -0.2) is 10.9 Å². The molecule has 1 aromatic rings. The molecule has 0 saturated carbocycles. The second kappa shape index (κ2) is 5.10. The number of nitrogens with zero attached hydrogens (tertiary/aromatic N) is 1. The number of amides is 1. The van der Waals surface area contributed by atoms with E-state index in [1.165, 1.54) is 18.3 Å². The van der Waals surface area contributed by atoms with Crippen molar-refractivity contribution >= 4 is 17.5 Å². The summed E-state index contributed by atoms with van der Waals surface area (Å²) < 4.78 is 13.3. The van der Waals surface area contributed by atoms with Gasteiger partial charge >= 0.3 is 0 Å². The van der Waals surface area contributed by atoms with Crippen molar-refractivity contribution in [3.05, 3.63) is 52.7 Å². The van der Waals surface area contributed by atoms with E-state index in [1.807, 2.05) is 0 Å². The van der Waals surface area contributed by atoms with Gasteiger partial charge in [0.15, 0.2) is 0 Å². The Morgan fingerprint density at radius 1 is 1.35 bits per heavy atom. The summed E-state index contributed by atoms with van der Waals surface area (Å²) in [6, 6.07) is 3.05. The summed E-state index contributed by atoms with van der Waals surface area (Å²) in [7, 11) is 0. The first-order valence-corrected chi connectivity index (χ1v) is 5.54. The van der Waals surface area contributed by atoms with Crippen molar-refractivity contribution in [3.8, 4) is 0 Å². The zero-order valence-electron chi connectivity index (χ0n) is 8.91. The lowest BCUT2D eigenvalue weighted by atomic mass is 10.1. The maximum Gasteiger partial charge on any atom is 0.274 e. The molecule has 1 aliphatic rings. The topological polar surface area (TPSA) is 42.0 Å². The molecule has 1 N–H and O–H groups in total. The molecule has 0 unspecified atom stereocenters. The molecule has 0 spiro atoms. The van der Waals surface area contributed by atoms with Crippen molar-refractivity contribution in [3.63, 3.8) is 0 Å². The predicted octanol–water partition coefficient (Wildman–Crippen LogP) is 3.00. The van der Waals surface area contributed by atoms with E-state index in [9.17, 15) is 9.18 Å². The molecule has 5 heteroatoms. The number of aromatic nitrogens is 1. The Morgan fingerprint density at radius 2 is 2.12 bits per heavy atom. The number of rotatable bonds is 2. The summed E-state index contributed by atoms with van der Waals surface area (Å²) >= 11 is 5.66. The maximum atomic E-state index is 13.3. The summed E-state index contributed by atoms with van der Waals surface area (Å²) in [4.78, 5) is 15.6. The first-order chi connectivity index (χ1) is 8.16. The lowest BCUT2D eigenvalue weighted by molar-refractivity contribution is 0.0960. The average molecular weight is 253 g/mol. The molecular weight excluding hydrogens is 243 g/mol. The van der Waals surface area contributed by atoms with E-state index in [1.54, 1.807) is 12.1 Å². The maximum absolute atomic E-state index is 13.3. The molecule has 1 heterocycles. The van der Waals surface area contributed by atoms with Crippen LogP contribution in [0, 0.1) is 0 Å². The van der Waals surface area contributed by atoms with Crippen molar-refractivity contribution in [2.75, 3.05) is 0 Å². The molecule has 3 nitrogen and oxygen atoms in total. The minimum atomic E-state index is -0.446. The third kappa shape index (κ3) is 2.91. The van der Waals surface area contributed by atoms with Gasteiger partial charge in [0.05, 0.1) is 10.7 Å². The summed E-state index contributed by atoms with van der Waals surface area (Å²) in [6.07, 6.45) is 5.85. The highest BCUT2D eigenvalue weighted by atomic mass is 35.5. The van der Waals surface area contributed by atoms with Gasteiger partial charge in [-0.25, -0.2) is 9.37 Å². The Balaban J connectivity index is 2.09. The van der Waals surface area contributed by atoms with Gasteiger partial charge in [-0.15, -0.1) is 0 Å². The molecule has 0 atom stereocenters. The number of hydrogen-bond donors (Lipinski definition) is 1. The smallest absolute Gasteiger partial charge is 0.274 e.